The number of halogens is 1. The second-order valence-electron chi connectivity index (χ2n) is 6.45. The van der Waals surface area contributed by atoms with E-state index >= 15 is 0 Å². The molecule has 1 fully saturated rings. The minimum Gasteiger partial charge on any atom is -0.378 e. The number of thioether (sulfide) groups is 1. The van der Waals surface area contributed by atoms with Crippen molar-refractivity contribution in [1.29, 1.82) is 0 Å². The molecule has 0 atom stereocenters. The number of rotatable bonds is 5. The molecule has 9 heteroatoms. The van der Waals surface area contributed by atoms with E-state index in [1.54, 1.807) is 13.0 Å². The van der Waals surface area contributed by atoms with Crippen molar-refractivity contribution in [1.82, 2.24) is 4.90 Å². The van der Waals surface area contributed by atoms with E-state index in [4.69, 9.17) is 11.6 Å². The maximum absolute atomic E-state index is 12.7. The van der Waals surface area contributed by atoms with Crippen molar-refractivity contribution in [2.24, 2.45) is 4.40 Å². The van der Waals surface area contributed by atoms with Gasteiger partial charge in [-0.3, -0.25) is 9.69 Å². The number of amides is 1. The Hall–Kier alpha value is -2.29. The maximum Gasteiger partial charge on any atom is 0.284 e. The van der Waals surface area contributed by atoms with Gasteiger partial charge in [-0.25, -0.2) is 0 Å². The minimum atomic E-state index is -3.96. The zero-order valence-corrected chi connectivity index (χ0v) is 18.6. The Labute approximate surface area is 179 Å². The number of sulfonamides is 1. The summed E-state index contributed by atoms with van der Waals surface area (Å²) in [5, 5.41) is 0.575. The van der Waals surface area contributed by atoms with Crippen LogP contribution in [0.2, 0.25) is 5.02 Å². The Balaban J connectivity index is 1.92. The van der Waals surface area contributed by atoms with Crippen LogP contribution in [0.4, 0.5) is 5.69 Å². The van der Waals surface area contributed by atoms with Crippen LogP contribution in [0.25, 0.3) is 6.08 Å². The van der Waals surface area contributed by atoms with Crippen molar-refractivity contribution in [3.05, 3.63) is 64.0 Å². The molecule has 0 spiro atoms. The first kappa shape index (κ1) is 21.4. The number of carbonyl (C=O) groups excluding carboxylic acids is 1. The molecule has 6 nitrogen and oxygen atoms in total. The zero-order chi connectivity index (χ0) is 21.2. The molecule has 1 amide bonds. The lowest BCUT2D eigenvalue weighted by Gasteiger charge is -2.12. The maximum atomic E-state index is 12.7. The molecule has 0 bridgehead atoms. The fraction of sp³-hybridized carbons (Fsp3) is 0.200. The molecule has 0 aromatic heterocycles. The Kier molecular flexibility index (Phi) is 6.36. The van der Waals surface area contributed by atoms with Gasteiger partial charge in [-0.1, -0.05) is 23.7 Å². The number of anilines is 1. The van der Waals surface area contributed by atoms with Gasteiger partial charge in [-0.2, -0.15) is 8.42 Å². The fourth-order valence-electron chi connectivity index (χ4n) is 2.64. The highest BCUT2D eigenvalue weighted by atomic mass is 35.5. The summed E-state index contributed by atoms with van der Waals surface area (Å²) < 4.78 is 29.2. The number of benzene rings is 2. The van der Waals surface area contributed by atoms with Crippen LogP contribution >= 0.6 is 23.4 Å². The van der Waals surface area contributed by atoms with Crippen LogP contribution in [0.1, 0.15) is 12.5 Å². The van der Waals surface area contributed by atoms with Gasteiger partial charge in [0, 0.05) is 31.4 Å². The van der Waals surface area contributed by atoms with Gasteiger partial charge >= 0.3 is 0 Å². The first-order valence-corrected chi connectivity index (χ1v) is 11.4. The quantitative estimate of drug-likeness (QED) is 0.643. The molecule has 1 aliphatic heterocycles. The normalized spacial score (nSPS) is 17.4. The van der Waals surface area contributed by atoms with Crippen LogP contribution < -0.4 is 4.90 Å². The van der Waals surface area contributed by atoms with Gasteiger partial charge in [0.15, 0.2) is 5.17 Å². The van der Waals surface area contributed by atoms with Crippen molar-refractivity contribution >= 4 is 56.2 Å². The van der Waals surface area contributed by atoms with Crippen LogP contribution in [-0.2, 0) is 14.8 Å². The molecule has 29 heavy (non-hydrogen) atoms. The van der Waals surface area contributed by atoms with Gasteiger partial charge < -0.3 is 4.90 Å². The van der Waals surface area contributed by atoms with E-state index in [0.29, 0.717) is 16.5 Å². The van der Waals surface area contributed by atoms with Crippen LogP contribution in [0.3, 0.4) is 0 Å². The number of amidine groups is 1. The summed E-state index contributed by atoms with van der Waals surface area (Å²) in [6.07, 6.45) is 1.74. The summed E-state index contributed by atoms with van der Waals surface area (Å²) in [6.45, 7) is 2.09. The number of likely N-dealkylation sites (N-methyl/N-ethyl adjacent to an activating group) is 1. The van der Waals surface area contributed by atoms with E-state index in [0.717, 1.165) is 23.0 Å². The highest BCUT2D eigenvalue weighted by Crippen LogP contribution is 2.33. The van der Waals surface area contributed by atoms with E-state index < -0.39 is 10.0 Å². The topological polar surface area (TPSA) is 70.1 Å². The number of nitrogens with zero attached hydrogens (tertiary/aromatic N) is 3. The standard InChI is InChI=1S/C20H20ClN3O3S2/c1-4-24-19(25)18(13-14-5-9-16(10-6-14)23(2)3)28-20(24)22-29(26,27)17-11-7-15(21)8-12-17/h5-13H,4H2,1-3H3. The lowest BCUT2D eigenvalue weighted by atomic mass is 10.2. The second-order valence-corrected chi connectivity index (χ2v) is 9.50. The van der Waals surface area contributed by atoms with Crippen molar-refractivity contribution in [3.8, 4) is 0 Å². The third-order valence-electron chi connectivity index (χ3n) is 4.22. The molecule has 152 valence electrons. The van der Waals surface area contributed by atoms with Gasteiger partial charge in [0.1, 0.15) is 0 Å². The second kappa shape index (κ2) is 8.61. The molecule has 0 aliphatic carbocycles. The SMILES string of the molecule is CCN1C(=O)C(=Cc2ccc(N(C)C)cc2)SC1=NS(=O)(=O)c1ccc(Cl)cc1. The third-order valence-corrected chi connectivity index (χ3v) is 6.88. The number of hydrogen-bond acceptors (Lipinski definition) is 5. The summed E-state index contributed by atoms with van der Waals surface area (Å²) in [6, 6.07) is 13.5. The molecule has 0 unspecified atom stereocenters. The molecule has 0 saturated carbocycles. The summed E-state index contributed by atoms with van der Waals surface area (Å²) >= 11 is 6.88. The molecular formula is C20H20ClN3O3S2. The Bertz CT molecular complexity index is 1080. The summed E-state index contributed by atoms with van der Waals surface area (Å²) in [7, 11) is -0.0541. The van der Waals surface area contributed by atoms with Crippen molar-refractivity contribution in [2.75, 3.05) is 25.5 Å². The molecular weight excluding hydrogens is 430 g/mol. The van der Waals surface area contributed by atoms with Gasteiger partial charge in [0.05, 0.1) is 9.80 Å². The highest BCUT2D eigenvalue weighted by molar-refractivity contribution is 8.19. The predicted octanol–water partition coefficient (Wildman–Crippen LogP) is 4.09. The summed E-state index contributed by atoms with van der Waals surface area (Å²) in [5.74, 6) is -0.265. The average molecular weight is 450 g/mol. The number of hydrogen-bond donors (Lipinski definition) is 0. The van der Waals surface area contributed by atoms with E-state index in [2.05, 4.69) is 4.40 Å². The van der Waals surface area contributed by atoms with Crippen molar-refractivity contribution in [3.63, 3.8) is 0 Å². The first-order valence-electron chi connectivity index (χ1n) is 8.80. The third kappa shape index (κ3) is 4.83. The zero-order valence-electron chi connectivity index (χ0n) is 16.2. The van der Waals surface area contributed by atoms with Crippen LogP contribution in [-0.4, -0.2) is 45.0 Å². The van der Waals surface area contributed by atoms with Gasteiger partial charge in [0.25, 0.3) is 15.9 Å². The molecule has 3 rings (SSSR count). The first-order chi connectivity index (χ1) is 13.7. The largest absolute Gasteiger partial charge is 0.378 e. The Morgan fingerprint density at radius 2 is 1.72 bits per heavy atom. The van der Waals surface area contributed by atoms with E-state index in [9.17, 15) is 13.2 Å². The summed E-state index contributed by atoms with van der Waals surface area (Å²) in [5.41, 5.74) is 1.90. The Morgan fingerprint density at radius 1 is 1.10 bits per heavy atom. The smallest absolute Gasteiger partial charge is 0.284 e. The van der Waals surface area contributed by atoms with E-state index in [-0.39, 0.29) is 16.0 Å². The highest BCUT2D eigenvalue weighted by Gasteiger charge is 2.34. The Morgan fingerprint density at radius 3 is 2.28 bits per heavy atom. The molecule has 2 aromatic carbocycles. The monoisotopic (exact) mass is 449 g/mol. The van der Waals surface area contributed by atoms with Crippen LogP contribution in [0, 0.1) is 0 Å². The fourth-order valence-corrected chi connectivity index (χ4v) is 5.01. The predicted molar refractivity (Wildman–Crippen MR) is 120 cm³/mol. The lowest BCUT2D eigenvalue weighted by Crippen LogP contribution is -2.29. The number of carbonyl (C=O) groups is 1. The van der Waals surface area contributed by atoms with Crippen molar-refractivity contribution < 1.29 is 13.2 Å². The molecule has 1 heterocycles. The molecule has 0 radical (unpaired) electrons. The average Bonchev–Trinajstić information content (AvgIpc) is 2.96. The van der Waals surface area contributed by atoms with E-state index in [1.165, 1.54) is 29.2 Å². The van der Waals surface area contributed by atoms with Crippen LogP contribution in [0.5, 0.6) is 0 Å². The summed E-state index contributed by atoms with van der Waals surface area (Å²) in [4.78, 5) is 16.5. The molecule has 1 saturated heterocycles. The molecule has 0 N–H and O–H groups in total. The minimum absolute atomic E-state index is 0.0233. The molecule has 1 aliphatic rings. The van der Waals surface area contributed by atoms with Crippen LogP contribution in [0.15, 0.2) is 62.7 Å². The van der Waals surface area contributed by atoms with Crippen molar-refractivity contribution in [2.45, 2.75) is 11.8 Å². The van der Waals surface area contributed by atoms with Gasteiger partial charge in [-0.05, 0) is 66.7 Å². The lowest BCUT2D eigenvalue weighted by molar-refractivity contribution is -0.122. The van der Waals surface area contributed by atoms with E-state index in [1.807, 2.05) is 43.3 Å². The van der Waals surface area contributed by atoms with Gasteiger partial charge in [0.2, 0.25) is 0 Å². The van der Waals surface area contributed by atoms with Gasteiger partial charge in [-0.15, -0.1) is 4.40 Å². The molecule has 2 aromatic rings.